The second-order valence-electron chi connectivity index (χ2n) is 6.72. The summed E-state index contributed by atoms with van der Waals surface area (Å²) in [5.74, 6) is 0.0754. The molecule has 0 radical (unpaired) electrons. The standard InChI is InChI=1S/C22H24FN3O3S/c1-3-24-21(28)19-14-20(27)26(13-12-15-4-10-18(29-2)11-5-15)22(30-19)25-17-8-6-16(23)7-9-17/h4-11,19H,3,12-14H2,1-2H3,(H,24,28). The molecule has 1 aliphatic heterocycles. The lowest BCUT2D eigenvalue weighted by Gasteiger charge is -2.31. The number of hydrogen-bond acceptors (Lipinski definition) is 5. The smallest absolute Gasteiger partial charge is 0.234 e. The zero-order chi connectivity index (χ0) is 21.5. The monoisotopic (exact) mass is 429 g/mol. The molecule has 8 heteroatoms. The zero-order valence-electron chi connectivity index (χ0n) is 16.9. The van der Waals surface area contributed by atoms with Gasteiger partial charge < -0.3 is 10.1 Å². The molecular formula is C22H24FN3O3S. The van der Waals surface area contributed by atoms with E-state index in [9.17, 15) is 14.0 Å². The van der Waals surface area contributed by atoms with E-state index in [1.54, 1.807) is 24.1 Å². The third-order valence-electron chi connectivity index (χ3n) is 4.62. The van der Waals surface area contributed by atoms with Crippen LogP contribution >= 0.6 is 11.8 Å². The Hall–Kier alpha value is -2.87. The predicted molar refractivity (Wildman–Crippen MR) is 117 cm³/mol. The molecule has 1 saturated heterocycles. The van der Waals surface area contributed by atoms with Crippen LogP contribution in [0.2, 0.25) is 0 Å². The van der Waals surface area contributed by atoms with Gasteiger partial charge in [0.15, 0.2) is 5.17 Å². The fourth-order valence-electron chi connectivity index (χ4n) is 3.01. The van der Waals surface area contributed by atoms with Crippen LogP contribution in [0.1, 0.15) is 18.9 Å². The number of benzene rings is 2. The van der Waals surface area contributed by atoms with Gasteiger partial charge in [-0.05, 0) is 55.3 Å². The number of amides is 2. The summed E-state index contributed by atoms with van der Waals surface area (Å²) in [6.07, 6.45) is 0.742. The average molecular weight is 430 g/mol. The highest BCUT2D eigenvalue weighted by Gasteiger charge is 2.35. The molecule has 1 heterocycles. The molecule has 2 aromatic rings. The van der Waals surface area contributed by atoms with E-state index < -0.39 is 5.25 Å². The van der Waals surface area contributed by atoms with Crippen LogP contribution in [0.4, 0.5) is 10.1 Å². The van der Waals surface area contributed by atoms with Gasteiger partial charge in [0.1, 0.15) is 11.6 Å². The first-order valence-electron chi connectivity index (χ1n) is 9.72. The number of aliphatic imine (C=N–C) groups is 1. The molecule has 30 heavy (non-hydrogen) atoms. The van der Waals surface area contributed by atoms with Crippen LogP contribution < -0.4 is 10.1 Å². The number of carbonyl (C=O) groups is 2. The minimum atomic E-state index is -0.533. The summed E-state index contributed by atoms with van der Waals surface area (Å²) >= 11 is 1.26. The highest BCUT2D eigenvalue weighted by Crippen LogP contribution is 2.29. The topological polar surface area (TPSA) is 71.0 Å². The maximum atomic E-state index is 13.2. The predicted octanol–water partition coefficient (Wildman–Crippen LogP) is 3.53. The van der Waals surface area contributed by atoms with Gasteiger partial charge in [-0.2, -0.15) is 0 Å². The first-order chi connectivity index (χ1) is 14.5. The minimum Gasteiger partial charge on any atom is -0.497 e. The lowest BCUT2D eigenvalue weighted by Crippen LogP contribution is -2.47. The molecule has 158 valence electrons. The molecule has 1 fully saturated rings. The van der Waals surface area contributed by atoms with Crippen LogP contribution in [-0.4, -0.2) is 47.3 Å². The number of ether oxygens (including phenoxy) is 1. The number of halogens is 1. The Morgan fingerprint density at radius 3 is 2.57 bits per heavy atom. The van der Waals surface area contributed by atoms with Crippen LogP contribution in [0.3, 0.4) is 0 Å². The Morgan fingerprint density at radius 1 is 1.23 bits per heavy atom. The van der Waals surface area contributed by atoms with Crippen LogP contribution in [0.25, 0.3) is 0 Å². The number of nitrogens with one attached hydrogen (secondary N) is 1. The molecule has 0 spiro atoms. The van der Waals surface area contributed by atoms with Gasteiger partial charge in [0, 0.05) is 19.5 Å². The normalized spacial score (nSPS) is 17.8. The molecule has 0 aliphatic carbocycles. The van der Waals surface area contributed by atoms with Crippen molar-refractivity contribution in [1.29, 1.82) is 0 Å². The number of carbonyl (C=O) groups excluding carboxylic acids is 2. The highest BCUT2D eigenvalue weighted by molar-refractivity contribution is 8.15. The van der Waals surface area contributed by atoms with Gasteiger partial charge in [0.25, 0.3) is 0 Å². The molecule has 2 aromatic carbocycles. The van der Waals surface area contributed by atoms with Gasteiger partial charge >= 0.3 is 0 Å². The summed E-state index contributed by atoms with van der Waals surface area (Å²) < 4.78 is 18.4. The van der Waals surface area contributed by atoms with E-state index in [1.807, 2.05) is 31.2 Å². The molecule has 1 unspecified atom stereocenters. The number of rotatable bonds is 7. The van der Waals surface area contributed by atoms with Gasteiger partial charge in [-0.25, -0.2) is 9.38 Å². The number of nitrogens with zero attached hydrogens (tertiary/aromatic N) is 2. The fraction of sp³-hybridized carbons (Fsp3) is 0.318. The molecule has 1 N–H and O–H groups in total. The zero-order valence-corrected chi connectivity index (χ0v) is 17.7. The number of thioether (sulfide) groups is 1. The van der Waals surface area contributed by atoms with E-state index in [0.29, 0.717) is 30.4 Å². The molecule has 0 aromatic heterocycles. The average Bonchev–Trinajstić information content (AvgIpc) is 2.75. The summed E-state index contributed by atoms with van der Waals surface area (Å²) in [5.41, 5.74) is 1.58. The van der Waals surface area contributed by atoms with Gasteiger partial charge in [-0.15, -0.1) is 0 Å². The first kappa shape index (κ1) is 21.8. The summed E-state index contributed by atoms with van der Waals surface area (Å²) in [7, 11) is 1.61. The SMILES string of the molecule is CCNC(=O)C1CC(=O)N(CCc2ccc(OC)cc2)C(=Nc2ccc(F)cc2)S1. The Bertz CT molecular complexity index is 916. The quantitative estimate of drug-likeness (QED) is 0.731. The van der Waals surface area contributed by atoms with E-state index in [4.69, 9.17) is 4.74 Å². The van der Waals surface area contributed by atoms with Crippen LogP contribution in [0, 0.1) is 5.82 Å². The van der Waals surface area contributed by atoms with Crippen molar-refractivity contribution < 1.29 is 18.7 Å². The van der Waals surface area contributed by atoms with Crippen LogP contribution in [0.15, 0.2) is 53.5 Å². The fourth-order valence-corrected chi connectivity index (χ4v) is 4.16. The van der Waals surface area contributed by atoms with E-state index in [1.165, 1.54) is 23.9 Å². The first-order valence-corrected chi connectivity index (χ1v) is 10.6. The lowest BCUT2D eigenvalue weighted by molar-refractivity contribution is -0.130. The molecule has 1 aliphatic rings. The van der Waals surface area contributed by atoms with Gasteiger partial charge in [0.05, 0.1) is 18.0 Å². The van der Waals surface area contributed by atoms with Crippen molar-refractivity contribution in [3.8, 4) is 5.75 Å². The number of methoxy groups -OCH3 is 1. The van der Waals surface area contributed by atoms with Crippen molar-refractivity contribution >= 4 is 34.4 Å². The van der Waals surface area contributed by atoms with Gasteiger partial charge in [-0.3, -0.25) is 14.5 Å². The summed E-state index contributed by atoms with van der Waals surface area (Å²) in [6.45, 7) is 2.76. The molecule has 1 atom stereocenters. The Morgan fingerprint density at radius 2 is 1.93 bits per heavy atom. The van der Waals surface area contributed by atoms with E-state index in [0.717, 1.165) is 11.3 Å². The summed E-state index contributed by atoms with van der Waals surface area (Å²) in [5, 5.41) is 2.68. The highest BCUT2D eigenvalue weighted by atomic mass is 32.2. The van der Waals surface area contributed by atoms with Crippen molar-refractivity contribution in [2.45, 2.75) is 25.0 Å². The molecular weight excluding hydrogens is 405 g/mol. The Labute approximate surface area is 179 Å². The van der Waals surface area contributed by atoms with Crippen molar-refractivity contribution in [2.75, 3.05) is 20.2 Å². The second kappa shape index (κ2) is 10.2. The molecule has 2 amide bonds. The Balaban J connectivity index is 1.81. The third-order valence-corrected chi connectivity index (χ3v) is 5.81. The van der Waals surface area contributed by atoms with E-state index >= 15 is 0 Å². The van der Waals surface area contributed by atoms with Gasteiger partial charge in [-0.1, -0.05) is 23.9 Å². The van der Waals surface area contributed by atoms with E-state index in [2.05, 4.69) is 10.3 Å². The minimum absolute atomic E-state index is 0.113. The second-order valence-corrected chi connectivity index (χ2v) is 7.89. The summed E-state index contributed by atoms with van der Waals surface area (Å²) in [4.78, 5) is 31.3. The largest absolute Gasteiger partial charge is 0.497 e. The van der Waals surface area contributed by atoms with E-state index in [-0.39, 0.29) is 24.1 Å². The molecule has 0 bridgehead atoms. The Kier molecular flexibility index (Phi) is 7.46. The molecule has 0 saturated carbocycles. The van der Waals surface area contributed by atoms with Crippen LogP contribution in [0.5, 0.6) is 5.75 Å². The van der Waals surface area contributed by atoms with Crippen molar-refractivity contribution in [1.82, 2.24) is 10.2 Å². The number of hydrogen-bond donors (Lipinski definition) is 1. The van der Waals surface area contributed by atoms with Gasteiger partial charge in [0.2, 0.25) is 11.8 Å². The maximum absolute atomic E-state index is 13.2. The maximum Gasteiger partial charge on any atom is 0.234 e. The third kappa shape index (κ3) is 5.60. The lowest BCUT2D eigenvalue weighted by atomic mass is 10.1. The van der Waals surface area contributed by atoms with Crippen molar-refractivity contribution in [3.05, 3.63) is 59.9 Å². The van der Waals surface area contributed by atoms with Crippen LogP contribution in [-0.2, 0) is 16.0 Å². The summed E-state index contributed by atoms with van der Waals surface area (Å²) in [6, 6.07) is 13.4. The van der Waals surface area contributed by atoms with Crippen molar-refractivity contribution in [2.24, 2.45) is 4.99 Å². The molecule has 6 nitrogen and oxygen atoms in total. The van der Waals surface area contributed by atoms with Crippen molar-refractivity contribution in [3.63, 3.8) is 0 Å². The number of amidine groups is 1. The molecule has 3 rings (SSSR count).